The predicted octanol–water partition coefficient (Wildman–Crippen LogP) is 8.25. The van der Waals surface area contributed by atoms with Crippen LogP contribution in [0.25, 0.3) is 22.0 Å². The molecule has 0 atom stereocenters. The molecule has 3 aromatic rings. The van der Waals surface area contributed by atoms with E-state index in [-0.39, 0.29) is 5.41 Å². The average Bonchev–Trinajstić information content (AvgIpc) is 3.49. The Morgan fingerprint density at radius 1 is 0.875 bits per heavy atom. The molecule has 2 saturated carbocycles. The van der Waals surface area contributed by atoms with Crippen LogP contribution in [0.3, 0.4) is 0 Å². The van der Waals surface area contributed by atoms with Gasteiger partial charge >= 0.3 is 0 Å². The first kappa shape index (κ1) is 20.5. The Bertz CT molecular complexity index is 1190. The molecule has 0 unspecified atom stereocenters. The second kappa shape index (κ2) is 8.32. The quantitative estimate of drug-likeness (QED) is 0.370. The highest BCUT2D eigenvalue weighted by Crippen LogP contribution is 2.43. The van der Waals surface area contributed by atoms with Crippen molar-refractivity contribution in [2.24, 2.45) is 7.05 Å². The van der Waals surface area contributed by atoms with Crippen molar-refractivity contribution in [1.82, 2.24) is 0 Å². The zero-order valence-electron chi connectivity index (χ0n) is 21.7. The molecule has 2 fully saturated rings. The molecule has 2 aromatic carbocycles. The molecule has 0 radical (unpaired) electrons. The summed E-state index contributed by atoms with van der Waals surface area (Å²) in [6.45, 7) is 9.14. The van der Waals surface area contributed by atoms with Crippen molar-refractivity contribution in [3.05, 3.63) is 64.8 Å². The van der Waals surface area contributed by atoms with E-state index in [1.807, 2.05) is 6.07 Å². The van der Waals surface area contributed by atoms with Gasteiger partial charge in [0.2, 0.25) is 5.69 Å². The van der Waals surface area contributed by atoms with Crippen molar-refractivity contribution >= 4 is 10.8 Å². The molecule has 2 aliphatic rings. The highest BCUT2D eigenvalue weighted by Gasteiger charge is 2.27. The van der Waals surface area contributed by atoms with E-state index in [0.717, 1.165) is 0 Å². The summed E-state index contributed by atoms with van der Waals surface area (Å²) in [5, 5.41) is 2.46. The maximum Gasteiger partial charge on any atom is 0.220 e. The number of nitrogens with zero attached hydrogens (tertiary/aromatic N) is 1. The van der Waals surface area contributed by atoms with Crippen LogP contribution in [0.5, 0.6) is 0 Å². The molecular formula is C31H40N+. The van der Waals surface area contributed by atoms with Crippen LogP contribution in [0.15, 0.2) is 42.6 Å². The second-order valence-electron chi connectivity index (χ2n) is 11.5. The summed E-state index contributed by atoms with van der Waals surface area (Å²) in [5.74, 6) is 1.40. The third-order valence-corrected chi connectivity index (χ3v) is 8.27. The molecule has 1 aromatic heterocycles. The molecule has 0 N–H and O–H groups in total. The molecule has 32 heavy (non-hydrogen) atoms. The third-order valence-electron chi connectivity index (χ3n) is 8.27. The largest absolute Gasteiger partial charge is 0.220 e. The standard InChI is InChI=1S/C31H40N/c1-21-28(23-12-8-9-13-23)19-25(22-10-6-7-11-22)20-29(21)30-27-15-14-26(31(2,3)4)18-24(27)16-17-32(30)5/h14-20,22-23H,6-13H2,1-5H3/q+1/i17D. The van der Waals surface area contributed by atoms with Crippen molar-refractivity contribution in [2.45, 2.75) is 96.3 Å². The molecule has 0 amide bonds. The minimum absolute atomic E-state index is 0.0997. The first-order valence-electron chi connectivity index (χ1n) is 13.3. The Hall–Kier alpha value is -2.15. The summed E-state index contributed by atoms with van der Waals surface area (Å²) in [4.78, 5) is 0. The normalized spacial score (nSPS) is 18.6. The van der Waals surface area contributed by atoms with E-state index in [1.165, 1.54) is 84.5 Å². The number of rotatable bonds is 3. The lowest BCUT2D eigenvalue weighted by atomic mass is 9.83. The summed E-state index contributed by atoms with van der Waals surface area (Å²) in [7, 11) is 2.08. The van der Waals surface area contributed by atoms with Gasteiger partial charge < -0.3 is 0 Å². The number of aromatic nitrogens is 1. The van der Waals surface area contributed by atoms with Gasteiger partial charge in [-0.05, 0) is 89.6 Å². The van der Waals surface area contributed by atoms with Gasteiger partial charge in [0, 0.05) is 6.07 Å². The van der Waals surface area contributed by atoms with E-state index in [4.69, 9.17) is 1.37 Å². The van der Waals surface area contributed by atoms with Crippen LogP contribution in [0.2, 0.25) is 0 Å². The number of pyridine rings is 1. The number of hydrogen-bond donors (Lipinski definition) is 0. The van der Waals surface area contributed by atoms with Crippen LogP contribution in [-0.2, 0) is 12.5 Å². The van der Waals surface area contributed by atoms with Crippen molar-refractivity contribution in [1.29, 1.82) is 0 Å². The Morgan fingerprint density at radius 3 is 2.19 bits per heavy atom. The minimum Gasteiger partial charge on any atom is -0.200 e. The summed E-state index contributed by atoms with van der Waals surface area (Å²) in [6, 6.07) is 14.0. The molecule has 5 rings (SSSR count). The van der Waals surface area contributed by atoms with Gasteiger partial charge in [-0.25, -0.2) is 4.57 Å². The van der Waals surface area contributed by atoms with E-state index in [0.29, 0.717) is 18.0 Å². The van der Waals surface area contributed by atoms with Crippen molar-refractivity contribution in [2.75, 3.05) is 0 Å². The van der Waals surface area contributed by atoms with Crippen LogP contribution in [0.4, 0.5) is 0 Å². The Labute approximate surface area is 196 Å². The lowest BCUT2D eigenvalue weighted by molar-refractivity contribution is -0.659. The molecule has 0 bridgehead atoms. The monoisotopic (exact) mass is 427 g/mol. The molecule has 168 valence electrons. The lowest BCUT2D eigenvalue weighted by Gasteiger charge is -2.22. The van der Waals surface area contributed by atoms with Gasteiger partial charge in [0.15, 0.2) is 6.17 Å². The first-order chi connectivity index (χ1) is 15.7. The van der Waals surface area contributed by atoms with Crippen LogP contribution in [-0.4, -0.2) is 0 Å². The zero-order chi connectivity index (χ0) is 23.3. The molecule has 1 heteroatoms. The molecule has 0 saturated heterocycles. The van der Waals surface area contributed by atoms with E-state index in [9.17, 15) is 0 Å². The average molecular weight is 428 g/mol. The topological polar surface area (TPSA) is 3.88 Å². The second-order valence-corrected chi connectivity index (χ2v) is 11.5. The highest BCUT2D eigenvalue weighted by atomic mass is 14.9. The molecule has 0 spiro atoms. The van der Waals surface area contributed by atoms with Crippen molar-refractivity contribution < 1.29 is 5.94 Å². The Kier molecular flexibility index (Phi) is 5.32. The van der Waals surface area contributed by atoms with E-state index in [1.54, 1.807) is 11.1 Å². The van der Waals surface area contributed by atoms with Crippen LogP contribution in [0, 0.1) is 6.92 Å². The molecule has 0 aliphatic heterocycles. The van der Waals surface area contributed by atoms with Gasteiger partial charge in [-0.2, -0.15) is 0 Å². The fraction of sp³-hybridized carbons (Fsp3) is 0.516. The Balaban J connectivity index is 1.77. The van der Waals surface area contributed by atoms with Gasteiger partial charge in [-0.3, -0.25) is 0 Å². The fourth-order valence-electron chi connectivity index (χ4n) is 6.26. The van der Waals surface area contributed by atoms with E-state index >= 15 is 0 Å². The van der Waals surface area contributed by atoms with Gasteiger partial charge in [-0.1, -0.05) is 64.7 Å². The van der Waals surface area contributed by atoms with Gasteiger partial charge in [0.25, 0.3) is 0 Å². The third kappa shape index (κ3) is 3.89. The van der Waals surface area contributed by atoms with Gasteiger partial charge in [0.1, 0.15) is 8.42 Å². The van der Waals surface area contributed by atoms with Crippen LogP contribution >= 0.6 is 0 Å². The van der Waals surface area contributed by atoms with Crippen molar-refractivity contribution in [3.63, 3.8) is 0 Å². The minimum atomic E-state index is 0.0997. The van der Waals surface area contributed by atoms with Gasteiger partial charge in [0.05, 0.1) is 10.9 Å². The molecular weight excluding hydrogens is 386 g/mol. The SMILES string of the molecule is [2H]c1cc2cc(C(C)(C)C)ccc2c(-c2cc(C3CCCC3)cc(C3CCCC3)c2C)[n+]1C. The van der Waals surface area contributed by atoms with E-state index in [2.05, 4.69) is 69.6 Å². The number of fused-ring (bicyclic) bond motifs is 1. The maximum absolute atomic E-state index is 8.79. The van der Waals surface area contributed by atoms with Crippen LogP contribution < -0.4 is 4.57 Å². The highest BCUT2D eigenvalue weighted by molar-refractivity contribution is 5.94. The molecule has 1 heterocycles. The summed E-state index contributed by atoms with van der Waals surface area (Å²) < 4.78 is 10.9. The Morgan fingerprint density at radius 2 is 1.53 bits per heavy atom. The lowest BCUT2D eigenvalue weighted by Crippen LogP contribution is -2.31. The number of hydrogen-bond acceptors (Lipinski definition) is 0. The molecule has 1 nitrogen and oxygen atoms in total. The first-order valence-corrected chi connectivity index (χ1v) is 12.8. The van der Waals surface area contributed by atoms with Gasteiger partial charge in [-0.15, -0.1) is 0 Å². The van der Waals surface area contributed by atoms with Crippen molar-refractivity contribution in [3.8, 4) is 11.3 Å². The predicted molar refractivity (Wildman–Crippen MR) is 136 cm³/mol. The zero-order valence-corrected chi connectivity index (χ0v) is 20.7. The fourth-order valence-corrected chi connectivity index (χ4v) is 6.26. The smallest absolute Gasteiger partial charge is 0.200 e. The number of benzene rings is 2. The molecule has 2 aliphatic carbocycles. The van der Waals surface area contributed by atoms with E-state index < -0.39 is 0 Å². The summed E-state index contributed by atoms with van der Waals surface area (Å²) in [5.41, 5.74) is 8.57. The maximum atomic E-state index is 8.79. The summed E-state index contributed by atoms with van der Waals surface area (Å²) in [6.07, 6.45) is 11.3. The van der Waals surface area contributed by atoms with Crippen LogP contribution in [0.1, 0.15) is 108 Å². The summed E-state index contributed by atoms with van der Waals surface area (Å²) >= 11 is 0.